The maximum Gasteiger partial charge on any atom is 0.0834 e. The number of anilines is 1. The fourth-order valence-corrected chi connectivity index (χ4v) is 15.0. The maximum atomic E-state index is 6.94. The Morgan fingerprint density at radius 2 is 1.55 bits per heavy atom. The minimum Gasteiger partial charge on any atom is -0.366 e. The van der Waals surface area contributed by atoms with Crippen molar-refractivity contribution in [2.24, 2.45) is 35.0 Å². The summed E-state index contributed by atoms with van der Waals surface area (Å²) in [7, 11) is 0. The number of rotatable bonds is 7. The first-order chi connectivity index (χ1) is 32.2. The molecule has 0 spiro atoms. The maximum absolute atomic E-state index is 6.94. The Morgan fingerprint density at radius 1 is 0.662 bits per heavy atom. The first-order valence-corrected chi connectivity index (χ1v) is 25.8. The summed E-state index contributed by atoms with van der Waals surface area (Å²) < 4.78 is 6.94. The average Bonchev–Trinajstić information content (AvgIpc) is 3.91. The van der Waals surface area contributed by atoms with E-state index in [-0.39, 0.29) is 23.7 Å². The third-order valence-corrected chi connectivity index (χ3v) is 17.9. The van der Waals surface area contributed by atoms with Gasteiger partial charge in [0.25, 0.3) is 0 Å². The molecule has 2 heteroatoms. The lowest BCUT2D eigenvalue weighted by molar-refractivity contribution is 0.0693. The number of ether oxygens (including phenoxy) is 1. The fourth-order valence-electron chi connectivity index (χ4n) is 15.0. The Labute approximate surface area is 388 Å². The number of aryl methyl sites for hydroxylation is 1. The molecule has 0 N–H and O–H groups in total. The summed E-state index contributed by atoms with van der Waals surface area (Å²) >= 11 is 0. The highest BCUT2D eigenvalue weighted by atomic mass is 16.5. The van der Waals surface area contributed by atoms with Crippen molar-refractivity contribution in [2.75, 3.05) is 4.90 Å². The van der Waals surface area contributed by atoms with E-state index < -0.39 is 0 Å². The van der Waals surface area contributed by atoms with Gasteiger partial charge in [0.1, 0.15) is 0 Å². The van der Waals surface area contributed by atoms with E-state index >= 15 is 0 Å². The van der Waals surface area contributed by atoms with Gasteiger partial charge in [0, 0.05) is 28.6 Å². The zero-order valence-corrected chi connectivity index (χ0v) is 38.2. The van der Waals surface area contributed by atoms with Crippen molar-refractivity contribution in [2.45, 2.75) is 121 Å². The van der Waals surface area contributed by atoms with Crippen molar-refractivity contribution < 1.29 is 4.74 Å². The molecule has 0 amide bonds. The Kier molecular flexibility index (Phi) is 10.3. The van der Waals surface area contributed by atoms with Crippen LogP contribution in [0.1, 0.15) is 107 Å². The molecule has 0 aromatic heterocycles. The summed E-state index contributed by atoms with van der Waals surface area (Å²) in [5.74, 6) is 2.55. The van der Waals surface area contributed by atoms with Gasteiger partial charge in [-0.25, -0.2) is 0 Å². The number of hydrogen-bond donors (Lipinski definition) is 0. The monoisotopic (exact) mass is 852 g/mol. The van der Waals surface area contributed by atoms with E-state index in [1.54, 1.807) is 44.6 Å². The molecule has 0 saturated carbocycles. The van der Waals surface area contributed by atoms with Crippen LogP contribution >= 0.6 is 0 Å². The van der Waals surface area contributed by atoms with Gasteiger partial charge in [-0.1, -0.05) is 145 Å². The zero-order valence-electron chi connectivity index (χ0n) is 38.2. The van der Waals surface area contributed by atoms with Gasteiger partial charge in [0.2, 0.25) is 0 Å². The van der Waals surface area contributed by atoms with Gasteiger partial charge in [-0.2, -0.15) is 0 Å². The van der Waals surface area contributed by atoms with Crippen molar-refractivity contribution in [3.63, 3.8) is 0 Å². The lowest BCUT2D eigenvalue weighted by Gasteiger charge is -2.47. The van der Waals surface area contributed by atoms with E-state index in [0.29, 0.717) is 29.6 Å². The number of fused-ring (bicyclic) bond motifs is 6. The smallest absolute Gasteiger partial charge is 0.0834 e. The predicted octanol–water partition coefficient (Wildman–Crippen LogP) is 15.3. The van der Waals surface area contributed by atoms with Gasteiger partial charge >= 0.3 is 0 Å². The molecule has 65 heavy (non-hydrogen) atoms. The Hall–Kier alpha value is -5.18. The second-order valence-electron chi connectivity index (χ2n) is 21.0. The summed E-state index contributed by atoms with van der Waals surface area (Å²) in [4.78, 5) is 2.84. The highest BCUT2D eigenvalue weighted by Crippen LogP contribution is 2.64. The summed E-state index contributed by atoms with van der Waals surface area (Å²) in [6.07, 6.45) is 72.6. The summed E-state index contributed by atoms with van der Waals surface area (Å²) in [5, 5.41) is 0. The SMILES string of the molecule is C1=CCCC(C2(C3C=CC=CC3)C3=C(C=CCC3)C3=C2CC(N(C2=CCC(C4=CC5C(C=C4)OC4C(C6C=CC=CC6)=CCCC45)CC2)c2ccc4c(c2)CCC2=C4CCC=C2)C=C3)=C1. The molecule has 1 heterocycles. The molecule has 328 valence electrons. The Bertz CT molecular complexity index is 2700. The van der Waals surface area contributed by atoms with E-state index in [2.05, 4.69) is 157 Å². The minimum absolute atomic E-state index is 0.0605. The average molecular weight is 852 g/mol. The van der Waals surface area contributed by atoms with Gasteiger partial charge in [0.05, 0.1) is 18.2 Å². The number of allylic oxidation sites excluding steroid dienone is 27. The quantitative estimate of drug-likeness (QED) is 0.253. The van der Waals surface area contributed by atoms with Crippen molar-refractivity contribution >= 4 is 11.3 Å². The third-order valence-electron chi connectivity index (χ3n) is 17.9. The molecule has 0 bridgehead atoms. The zero-order chi connectivity index (χ0) is 42.9. The lowest BCUT2D eigenvalue weighted by Crippen LogP contribution is -2.41. The van der Waals surface area contributed by atoms with Crippen LogP contribution in [0.5, 0.6) is 0 Å². The molecular weight excluding hydrogens is 787 g/mol. The van der Waals surface area contributed by atoms with Crippen LogP contribution in [0.2, 0.25) is 0 Å². The number of hydrogen-bond acceptors (Lipinski definition) is 2. The Balaban J connectivity index is 0.844. The summed E-state index contributed by atoms with van der Waals surface area (Å²) in [6, 6.07) is 7.89. The van der Waals surface area contributed by atoms with E-state index in [4.69, 9.17) is 4.74 Å². The highest BCUT2D eigenvalue weighted by Gasteiger charge is 2.53. The molecule has 1 aromatic rings. The summed E-state index contributed by atoms with van der Waals surface area (Å²) in [5.41, 5.74) is 20.3. The number of benzene rings is 1. The van der Waals surface area contributed by atoms with Gasteiger partial charge in [0.15, 0.2) is 0 Å². The normalized spacial score (nSPS) is 35.0. The van der Waals surface area contributed by atoms with Gasteiger partial charge in [-0.05, 0) is 188 Å². The predicted molar refractivity (Wildman–Crippen MR) is 270 cm³/mol. The molecule has 1 aliphatic heterocycles. The van der Waals surface area contributed by atoms with Crippen molar-refractivity contribution in [1.29, 1.82) is 0 Å². The second-order valence-corrected chi connectivity index (χ2v) is 21.0. The molecule has 11 aliphatic carbocycles. The molecule has 1 saturated heterocycles. The minimum atomic E-state index is -0.0605. The van der Waals surface area contributed by atoms with Crippen LogP contribution < -0.4 is 4.90 Å². The van der Waals surface area contributed by atoms with E-state index in [0.717, 1.165) is 77.0 Å². The van der Waals surface area contributed by atoms with Crippen LogP contribution in [0.4, 0.5) is 5.69 Å². The van der Waals surface area contributed by atoms with Gasteiger partial charge in [-0.15, -0.1) is 0 Å². The van der Waals surface area contributed by atoms with Gasteiger partial charge < -0.3 is 9.64 Å². The molecule has 12 aliphatic rings. The highest BCUT2D eigenvalue weighted by molar-refractivity contribution is 5.78. The Morgan fingerprint density at radius 3 is 2.42 bits per heavy atom. The molecule has 9 unspecified atom stereocenters. The first-order valence-electron chi connectivity index (χ1n) is 25.8. The second kappa shape index (κ2) is 16.6. The molecule has 0 radical (unpaired) electrons. The van der Waals surface area contributed by atoms with Crippen LogP contribution in [-0.2, 0) is 11.2 Å². The van der Waals surface area contributed by atoms with E-state index in [9.17, 15) is 0 Å². The topological polar surface area (TPSA) is 12.5 Å². The lowest BCUT2D eigenvalue weighted by atomic mass is 9.57. The first kappa shape index (κ1) is 40.1. The fraction of sp³-hybridized carbons (Fsp3) is 0.397. The molecule has 13 rings (SSSR count). The van der Waals surface area contributed by atoms with Crippen LogP contribution in [0, 0.1) is 35.0 Å². The van der Waals surface area contributed by atoms with Crippen LogP contribution in [0.25, 0.3) is 5.57 Å². The van der Waals surface area contributed by atoms with E-state index in [1.165, 1.54) is 53.8 Å². The van der Waals surface area contributed by atoms with Crippen molar-refractivity contribution in [3.8, 4) is 0 Å². The van der Waals surface area contributed by atoms with Crippen molar-refractivity contribution in [1.82, 2.24) is 0 Å². The van der Waals surface area contributed by atoms with Crippen molar-refractivity contribution in [3.05, 3.63) is 213 Å². The molecule has 1 fully saturated rings. The standard InChI is InChI=1S/C63H65NO/c1-4-15-43(16-5-1)54-24-14-25-57-58-40-45(31-38-61(58)65-62(54)57)42-29-32-49(33-30-42)64(50-34-36-53-46(39-50)28-27-44-17-10-11-22-52(44)53)51-35-37-56-55-23-12-13-26-59(55)63(60(56)41-51,47-18-6-2-7-19-47)48-20-8-3-9-21-48/h1-8,10,12,15,17-18,20,23-24,31-32,34-40,42-43,47,51,57-58,61-62H,9,11,13-14,16,19,21-22,25-30,33,41H2. The number of nitrogens with zero attached hydrogens (tertiary/aromatic N) is 1. The van der Waals surface area contributed by atoms with Crippen LogP contribution in [0.3, 0.4) is 0 Å². The van der Waals surface area contributed by atoms with E-state index in [1.807, 2.05) is 0 Å². The van der Waals surface area contributed by atoms with Crippen LogP contribution in [-0.4, -0.2) is 18.2 Å². The summed E-state index contributed by atoms with van der Waals surface area (Å²) in [6.45, 7) is 0. The molecule has 2 nitrogen and oxygen atoms in total. The molecular formula is C63H65NO. The van der Waals surface area contributed by atoms with Gasteiger partial charge in [-0.3, -0.25) is 0 Å². The largest absolute Gasteiger partial charge is 0.366 e. The van der Waals surface area contributed by atoms with Crippen LogP contribution in [0.15, 0.2) is 202 Å². The third kappa shape index (κ3) is 6.66. The molecule has 9 atom stereocenters. The molecule has 1 aromatic carbocycles.